The van der Waals surface area contributed by atoms with Crippen LogP contribution in [0.4, 0.5) is 0 Å². The number of rotatable bonds is 5. The number of morpholine rings is 1. The second kappa shape index (κ2) is 8.32. The van der Waals surface area contributed by atoms with E-state index >= 15 is 0 Å². The number of amides is 2. The van der Waals surface area contributed by atoms with Crippen LogP contribution in [-0.4, -0.2) is 55.4 Å². The molecule has 26 heavy (non-hydrogen) atoms. The van der Waals surface area contributed by atoms with Crippen molar-refractivity contribution in [3.63, 3.8) is 0 Å². The number of primary amides is 1. The van der Waals surface area contributed by atoms with Crippen LogP contribution in [0.2, 0.25) is 0 Å². The van der Waals surface area contributed by atoms with Gasteiger partial charge in [0.15, 0.2) is 0 Å². The first-order valence-corrected chi connectivity index (χ1v) is 8.72. The normalized spacial score (nSPS) is 25.5. The molecular formula is C19H23N3O4. The Morgan fingerprint density at radius 1 is 1.38 bits per heavy atom. The Kier molecular flexibility index (Phi) is 5.89. The Balaban J connectivity index is 1.60. The van der Waals surface area contributed by atoms with Gasteiger partial charge in [-0.25, -0.2) is 0 Å². The molecule has 4 unspecified atom stereocenters. The Labute approximate surface area is 152 Å². The number of nitrogens with two attached hydrogens (primary N) is 1. The first-order chi connectivity index (χ1) is 12.6. The average Bonchev–Trinajstić information content (AvgIpc) is 3.44. The summed E-state index contributed by atoms with van der Waals surface area (Å²) >= 11 is 0. The summed E-state index contributed by atoms with van der Waals surface area (Å²) in [6.45, 7) is 1.67. The van der Waals surface area contributed by atoms with Crippen LogP contribution in [-0.2, 0) is 9.53 Å². The number of ether oxygens (including phenoxy) is 1. The molecule has 0 bridgehead atoms. The van der Waals surface area contributed by atoms with E-state index in [1.165, 1.54) is 0 Å². The fraction of sp³-hybridized carbons (Fsp3) is 0.474. The summed E-state index contributed by atoms with van der Waals surface area (Å²) in [6, 6.07) is 5.68. The first kappa shape index (κ1) is 18.4. The maximum Gasteiger partial charge on any atom is 0.251 e. The standard InChI is InChI=1S/C19H23N3O4/c20-18(24)17(16-11-26-8-7-21-16)22-19(25)13-4-1-12(2-5-13)3-6-14-9-15(14)10-23/h1-2,4-5,14-17,21,23H,7-11H2,(H2,20,24)(H,22,25). The number of aliphatic hydroxyl groups excluding tert-OH is 1. The van der Waals surface area contributed by atoms with E-state index in [0.29, 0.717) is 31.2 Å². The summed E-state index contributed by atoms with van der Waals surface area (Å²) in [5, 5.41) is 14.8. The smallest absolute Gasteiger partial charge is 0.251 e. The van der Waals surface area contributed by atoms with Crippen LogP contribution < -0.4 is 16.4 Å². The van der Waals surface area contributed by atoms with Crippen LogP contribution in [0.1, 0.15) is 22.3 Å². The molecule has 0 aromatic heterocycles. The number of hydrogen-bond donors (Lipinski definition) is 4. The first-order valence-electron chi connectivity index (χ1n) is 8.72. The van der Waals surface area contributed by atoms with E-state index in [0.717, 1.165) is 12.0 Å². The number of hydrogen-bond acceptors (Lipinski definition) is 5. The molecule has 1 saturated carbocycles. The largest absolute Gasteiger partial charge is 0.396 e. The lowest BCUT2D eigenvalue weighted by Crippen LogP contribution is -2.60. The quantitative estimate of drug-likeness (QED) is 0.517. The van der Waals surface area contributed by atoms with E-state index in [9.17, 15) is 9.59 Å². The summed E-state index contributed by atoms with van der Waals surface area (Å²) in [7, 11) is 0. The number of carbonyl (C=O) groups is 2. The summed E-state index contributed by atoms with van der Waals surface area (Å²) in [5.41, 5.74) is 6.66. The van der Waals surface area contributed by atoms with Crippen molar-refractivity contribution in [1.82, 2.24) is 10.6 Å². The average molecular weight is 357 g/mol. The summed E-state index contributed by atoms with van der Waals surface area (Å²) in [5.74, 6) is 5.77. The number of benzene rings is 1. The van der Waals surface area contributed by atoms with Crippen LogP contribution in [0.3, 0.4) is 0 Å². The van der Waals surface area contributed by atoms with Crippen molar-refractivity contribution in [3.05, 3.63) is 35.4 Å². The molecule has 2 aliphatic rings. The van der Waals surface area contributed by atoms with Gasteiger partial charge in [0.25, 0.3) is 5.91 Å². The van der Waals surface area contributed by atoms with E-state index in [4.69, 9.17) is 15.6 Å². The predicted octanol–water partition coefficient (Wildman–Crippen LogP) is -0.761. The molecule has 2 fully saturated rings. The van der Waals surface area contributed by atoms with Crippen LogP contribution in [0.5, 0.6) is 0 Å². The summed E-state index contributed by atoms with van der Waals surface area (Å²) < 4.78 is 5.33. The topological polar surface area (TPSA) is 114 Å². The van der Waals surface area contributed by atoms with E-state index in [-0.39, 0.29) is 24.5 Å². The zero-order valence-corrected chi connectivity index (χ0v) is 14.4. The maximum atomic E-state index is 12.4. The maximum absolute atomic E-state index is 12.4. The lowest BCUT2D eigenvalue weighted by molar-refractivity contribution is -0.121. The van der Waals surface area contributed by atoms with E-state index in [1.807, 2.05) is 0 Å². The summed E-state index contributed by atoms with van der Waals surface area (Å²) in [4.78, 5) is 24.1. The van der Waals surface area contributed by atoms with Crippen molar-refractivity contribution in [3.8, 4) is 11.8 Å². The highest BCUT2D eigenvalue weighted by molar-refractivity contribution is 5.97. The van der Waals surface area contributed by atoms with Crippen molar-refractivity contribution in [2.75, 3.05) is 26.4 Å². The molecule has 4 atom stereocenters. The molecule has 0 radical (unpaired) electrons. The van der Waals surface area contributed by atoms with Crippen molar-refractivity contribution in [2.24, 2.45) is 17.6 Å². The van der Waals surface area contributed by atoms with Crippen molar-refractivity contribution in [2.45, 2.75) is 18.5 Å². The van der Waals surface area contributed by atoms with E-state index in [1.54, 1.807) is 24.3 Å². The number of carbonyl (C=O) groups excluding carboxylic acids is 2. The monoisotopic (exact) mass is 357 g/mol. The Bertz CT molecular complexity index is 717. The van der Waals surface area contributed by atoms with Gasteiger partial charge in [-0.3, -0.25) is 9.59 Å². The third kappa shape index (κ3) is 4.61. The second-order valence-corrected chi connectivity index (χ2v) is 6.62. The zero-order valence-electron chi connectivity index (χ0n) is 14.4. The van der Waals surface area contributed by atoms with Crippen molar-refractivity contribution < 1.29 is 19.4 Å². The molecule has 1 heterocycles. The third-order valence-electron chi connectivity index (χ3n) is 4.65. The molecule has 5 N–H and O–H groups in total. The molecule has 1 aromatic carbocycles. The van der Waals surface area contributed by atoms with Gasteiger partial charge >= 0.3 is 0 Å². The molecule has 3 rings (SSSR count). The molecule has 0 spiro atoms. The Hall–Kier alpha value is -2.40. The Morgan fingerprint density at radius 2 is 2.15 bits per heavy atom. The Morgan fingerprint density at radius 3 is 2.73 bits per heavy atom. The van der Waals surface area contributed by atoms with Gasteiger partial charge in [0.2, 0.25) is 5.91 Å². The minimum atomic E-state index is -0.840. The van der Waals surface area contributed by atoms with Crippen LogP contribution in [0.15, 0.2) is 24.3 Å². The summed E-state index contributed by atoms with van der Waals surface area (Å²) in [6.07, 6.45) is 0.942. The van der Waals surface area contributed by atoms with Gasteiger partial charge in [-0.1, -0.05) is 11.8 Å². The molecular weight excluding hydrogens is 334 g/mol. The van der Waals surface area contributed by atoms with Gasteiger partial charge < -0.3 is 26.2 Å². The highest BCUT2D eigenvalue weighted by Gasteiger charge is 2.34. The molecule has 7 heteroatoms. The van der Waals surface area contributed by atoms with Gasteiger partial charge in [0.1, 0.15) is 6.04 Å². The molecule has 1 saturated heterocycles. The highest BCUT2D eigenvalue weighted by atomic mass is 16.5. The number of nitrogens with one attached hydrogen (secondary N) is 2. The second-order valence-electron chi connectivity index (χ2n) is 6.62. The molecule has 138 valence electrons. The van der Waals surface area contributed by atoms with E-state index < -0.39 is 11.9 Å². The molecule has 1 aliphatic carbocycles. The van der Waals surface area contributed by atoms with Crippen molar-refractivity contribution >= 4 is 11.8 Å². The lowest BCUT2D eigenvalue weighted by Gasteiger charge is -2.29. The molecule has 1 aliphatic heterocycles. The van der Waals surface area contributed by atoms with Crippen LogP contribution >= 0.6 is 0 Å². The van der Waals surface area contributed by atoms with Crippen molar-refractivity contribution in [1.29, 1.82) is 0 Å². The highest BCUT2D eigenvalue weighted by Crippen LogP contribution is 2.36. The fourth-order valence-corrected chi connectivity index (χ4v) is 2.90. The van der Waals surface area contributed by atoms with Gasteiger partial charge in [0, 0.05) is 30.2 Å². The lowest BCUT2D eigenvalue weighted by atomic mass is 10.1. The van der Waals surface area contributed by atoms with Gasteiger partial charge in [0.05, 0.1) is 19.3 Å². The minimum Gasteiger partial charge on any atom is -0.396 e. The van der Waals surface area contributed by atoms with Crippen LogP contribution in [0, 0.1) is 23.7 Å². The van der Waals surface area contributed by atoms with Crippen LogP contribution in [0.25, 0.3) is 0 Å². The zero-order chi connectivity index (χ0) is 18.5. The minimum absolute atomic E-state index is 0.181. The molecule has 7 nitrogen and oxygen atoms in total. The predicted molar refractivity (Wildman–Crippen MR) is 95.1 cm³/mol. The SMILES string of the molecule is NC(=O)C(NC(=O)c1ccc(C#CC2CC2CO)cc1)C1COCCN1. The fourth-order valence-electron chi connectivity index (χ4n) is 2.90. The van der Waals surface area contributed by atoms with E-state index in [2.05, 4.69) is 22.5 Å². The van der Waals surface area contributed by atoms with Gasteiger partial charge in [-0.15, -0.1) is 0 Å². The molecule has 1 aromatic rings. The van der Waals surface area contributed by atoms with Gasteiger partial charge in [-0.2, -0.15) is 0 Å². The molecule has 2 amide bonds. The number of aliphatic hydroxyl groups is 1. The van der Waals surface area contributed by atoms with Gasteiger partial charge in [-0.05, 0) is 36.6 Å². The third-order valence-corrected chi connectivity index (χ3v) is 4.65.